The number of carbonyl (C=O) groups excluding carboxylic acids is 2. The quantitative estimate of drug-likeness (QED) is 0.666. The maximum atomic E-state index is 12.8. The molecule has 0 radical (unpaired) electrons. The van der Waals surface area contributed by atoms with Crippen LogP contribution in [0.3, 0.4) is 0 Å². The minimum Gasteiger partial charge on any atom is -0.496 e. The van der Waals surface area contributed by atoms with Crippen LogP contribution in [0.1, 0.15) is 35.7 Å². The average molecular weight is 432 g/mol. The number of anilines is 1. The van der Waals surface area contributed by atoms with Gasteiger partial charge in [0.25, 0.3) is 5.91 Å². The van der Waals surface area contributed by atoms with E-state index in [1.807, 2.05) is 6.07 Å². The summed E-state index contributed by atoms with van der Waals surface area (Å²) >= 11 is 0. The van der Waals surface area contributed by atoms with Gasteiger partial charge in [-0.25, -0.2) is 13.1 Å². The molecule has 0 spiro atoms. The monoisotopic (exact) mass is 431 g/mol. The van der Waals surface area contributed by atoms with Crippen LogP contribution in [-0.4, -0.2) is 40.4 Å². The molecule has 0 unspecified atom stereocenters. The van der Waals surface area contributed by atoms with E-state index in [4.69, 9.17) is 4.74 Å². The Morgan fingerprint density at radius 3 is 2.67 bits per heavy atom. The van der Waals surface area contributed by atoms with E-state index in [1.165, 1.54) is 25.3 Å². The van der Waals surface area contributed by atoms with E-state index in [-0.39, 0.29) is 22.9 Å². The van der Waals surface area contributed by atoms with E-state index < -0.39 is 15.9 Å². The molecule has 0 bridgehead atoms. The fraction of sp³-hybridized carbons (Fsp3) is 0.333. The molecular formula is C21H25N3O5S. The van der Waals surface area contributed by atoms with Crippen LogP contribution in [0.15, 0.2) is 47.4 Å². The Bertz CT molecular complexity index is 1050. The molecule has 1 aliphatic rings. The van der Waals surface area contributed by atoms with Crippen LogP contribution < -0.4 is 19.7 Å². The average Bonchev–Trinajstić information content (AvgIpc) is 3.18. The zero-order valence-corrected chi connectivity index (χ0v) is 17.8. The van der Waals surface area contributed by atoms with E-state index in [0.29, 0.717) is 25.3 Å². The summed E-state index contributed by atoms with van der Waals surface area (Å²) in [7, 11) is -2.44. The molecule has 0 aromatic heterocycles. The fourth-order valence-corrected chi connectivity index (χ4v) is 4.35. The number of amides is 2. The Labute approximate surface area is 176 Å². The molecule has 2 aromatic rings. The van der Waals surface area contributed by atoms with E-state index in [1.54, 1.807) is 30.0 Å². The largest absolute Gasteiger partial charge is 0.496 e. The van der Waals surface area contributed by atoms with Crippen LogP contribution in [0, 0.1) is 0 Å². The van der Waals surface area contributed by atoms with Crippen molar-refractivity contribution in [3.05, 3.63) is 53.6 Å². The number of methoxy groups -OCH3 is 1. The first-order valence-electron chi connectivity index (χ1n) is 9.71. The summed E-state index contributed by atoms with van der Waals surface area (Å²) < 4.78 is 33.3. The highest BCUT2D eigenvalue weighted by Crippen LogP contribution is 2.24. The number of hydrogen-bond acceptors (Lipinski definition) is 5. The number of carbonyl (C=O) groups is 2. The van der Waals surface area contributed by atoms with Gasteiger partial charge < -0.3 is 15.0 Å². The molecule has 30 heavy (non-hydrogen) atoms. The van der Waals surface area contributed by atoms with Gasteiger partial charge >= 0.3 is 0 Å². The Morgan fingerprint density at radius 1 is 1.20 bits per heavy atom. The second-order valence-corrected chi connectivity index (χ2v) is 8.63. The second kappa shape index (κ2) is 9.27. The molecule has 1 saturated heterocycles. The summed E-state index contributed by atoms with van der Waals surface area (Å²) in [6, 6.07) is 11.4. The highest BCUT2D eigenvalue weighted by molar-refractivity contribution is 7.89. The van der Waals surface area contributed by atoms with Crippen molar-refractivity contribution in [1.29, 1.82) is 0 Å². The van der Waals surface area contributed by atoms with Gasteiger partial charge in [-0.1, -0.05) is 12.1 Å². The van der Waals surface area contributed by atoms with Crippen molar-refractivity contribution in [3.8, 4) is 5.75 Å². The van der Waals surface area contributed by atoms with E-state index >= 15 is 0 Å². The number of ether oxygens (including phenoxy) is 1. The van der Waals surface area contributed by atoms with Gasteiger partial charge in [0.15, 0.2) is 0 Å². The molecule has 0 saturated carbocycles. The topological polar surface area (TPSA) is 105 Å². The molecule has 9 heteroatoms. The van der Waals surface area contributed by atoms with Gasteiger partial charge in [-0.2, -0.15) is 0 Å². The second-order valence-electron chi connectivity index (χ2n) is 6.86. The Morgan fingerprint density at radius 2 is 2.00 bits per heavy atom. The van der Waals surface area contributed by atoms with Crippen molar-refractivity contribution < 1.29 is 22.7 Å². The highest BCUT2D eigenvalue weighted by Gasteiger charge is 2.22. The van der Waals surface area contributed by atoms with Gasteiger partial charge in [-0.15, -0.1) is 0 Å². The number of nitrogens with zero attached hydrogens (tertiary/aromatic N) is 1. The minimum absolute atomic E-state index is 0.0320. The highest BCUT2D eigenvalue weighted by atomic mass is 32.2. The van der Waals surface area contributed by atoms with Crippen molar-refractivity contribution >= 4 is 27.5 Å². The molecule has 2 N–H and O–H groups in total. The van der Waals surface area contributed by atoms with Crippen LogP contribution in [0.25, 0.3) is 0 Å². The number of hydrogen-bond donors (Lipinski definition) is 2. The molecule has 2 amide bonds. The molecule has 1 aliphatic heterocycles. The Balaban J connectivity index is 1.78. The molecule has 1 heterocycles. The van der Waals surface area contributed by atoms with Crippen molar-refractivity contribution in [2.75, 3.05) is 25.1 Å². The maximum absolute atomic E-state index is 12.8. The number of benzene rings is 2. The van der Waals surface area contributed by atoms with Crippen LogP contribution in [0.2, 0.25) is 0 Å². The summed E-state index contributed by atoms with van der Waals surface area (Å²) in [5, 5.41) is 2.64. The molecular weight excluding hydrogens is 406 g/mol. The molecule has 2 aromatic carbocycles. The summed E-state index contributed by atoms with van der Waals surface area (Å²) in [5.74, 6) is -0.0406. The van der Waals surface area contributed by atoms with Crippen molar-refractivity contribution in [2.24, 2.45) is 0 Å². The SMILES string of the molecule is CCNC(=O)c1cc(S(=O)(=O)NCc2cccc(N3CCCC3=O)c2)ccc1OC. The van der Waals surface area contributed by atoms with E-state index in [2.05, 4.69) is 10.0 Å². The first-order chi connectivity index (χ1) is 14.4. The van der Waals surface area contributed by atoms with E-state index in [0.717, 1.165) is 17.7 Å². The third kappa shape index (κ3) is 4.80. The summed E-state index contributed by atoms with van der Waals surface area (Å²) in [6.45, 7) is 2.91. The number of nitrogens with one attached hydrogen (secondary N) is 2. The van der Waals surface area contributed by atoms with Gasteiger partial charge in [-0.3, -0.25) is 9.59 Å². The first-order valence-corrected chi connectivity index (χ1v) is 11.2. The zero-order chi connectivity index (χ0) is 21.7. The normalized spacial score (nSPS) is 14.1. The first kappa shape index (κ1) is 21.8. The summed E-state index contributed by atoms with van der Waals surface area (Å²) in [6.07, 6.45) is 1.35. The minimum atomic E-state index is -3.86. The lowest BCUT2D eigenvalue weighted by atomic mass is 10.2. The molecule has 0 atom stereocenters. The lowest BCUT2D eigenvalue weighted by Crippen LogP contribution is -2.26. The molecule has 1 fully saturated rings. The third-order valence-corrected chi connectivity index (χ3v) is 6.22. The summed E-state index contributed by atoms with van der Waals surface area (Å²) in [4.78, 5) is 25.9. The number of sulfonamides is 1. The van der Waals surface area contributed by atoms with Gasteiger partial charge in [0.1, 0.15) is 5.75 Å². The molecule has 160 valence electrons. The van der Waals surface area contributed by atoms with Crippen LogP contribution >= 0.6 is 0 Å². The summed E-state index contributed by atoms with van der Waals surface area (Å²) in [5.41, 5.74) is 1.64. The lowest BCUT2D eigenvalue weighted by molar-refractivity contribution is -0.117. The Kier molecular flexibility index (Phi) is 6.73. The Hall–Kier alpha value is -2.91. The van der Waals surface area contributed by atoms with Gasteiger partial charge in [0.05, 0.1) is 17.6 Å². The number of rotatable bonds is 8. The van der Waals surface area contributed by atoms with Crippen molar-refractivity contribution in [3.63, 3.8) is 0 Å². The van der Waals surface area contributed by atoms with Crippen LogP contribution in [-0.2, 0) is 21.4 Å². The van der Waals surface area contributed by atoms with Crippen LogP contribution in [0.4, 0.5) is 5.69 Å². The fourth-order valence-electron chi connectivity index (χ4n) is 3.30. The van der Waals surface area contributed by atoms with Gasteiger partial charge in [-0.05, 0) is 49.2 Å². The molecule has 3 rings (SSSR count). The maximum Gasteiger partial charge on any atom is 0.255 e. The predicted molar refractivity (Wildman–Crippen MR) is 113 cm³/mol. The predicted octanol–water partition coefficient (Wildman–Crippen LogP) is 2.05. The van der Waals surface area contributed by atoms with Gasteiger partial charge in [0.2, 0.25) is 15.9 Å². The standard InChI is InChI=1S/C21H25N3O5S/c1-3-22-21(26)18-13-17(9-10-19(18)29-2)30(27,28)23-14-15-6-4-7-16(12-15)24-11-5-8-20(24)25/h4,6-7,9-10,12-13,23H,3,5,8,11,14H2,1-2H3,(H,22,26). The van der Waals surface area contributed by atoms with E-state index in [9.17, 15) is 18.0 Å². The molecule has 0 aliphatic carbocycles. The molecule has 8 nitrogen and oxygen atoms in total. The smallest absolute Gasteiger partial charge is 0.255 e. The van der Waals surface area contributed by atoms with Crippen molar-refractivity contribution in [2.45, 2.75) is 31.2 Å². The zero-order valence-electron chi connectivity index (χ0n) is 17.0. The van der Waals surface area contributed by atoms with Crippen LogP contribution in [0.5, 0.6) is 5.75 Å². The third-order valence-electron chi connectivity index (χ3n) is 4.83. The van der Waals surface area contributed by atoms with Gasteiger partial charge in [0, 0.05) is 31.7 Å². The lowest BCUT2D eigenvalue weighted by Gasteiger charge is -2.17. The van der Waals surface area contributed by atoms with Crippen molar-refractivity contribution in [1.82, 2.24) is 10.0 Å².